The average Bonchev–Trinajstić information content (AvgIpc) is 1.80. The third-order valence-electron chi connectivity index (χ3n) is 0.658. The van der Waals surface area contributed by atoms with Gasteiger partial charge in [0.2, 0.25) is 0 Å². The van der Waals surface area contributed by atoms with Crippen molar-refractivity contribution in [3.8, 4) is 0 Å². The molecule has 2 N–H and O–H groups in total. The number of aliphatic carboxylic acids is 1. The van der Waals surface area contributed by atoms with Gasteiger partial charge in [-0.3, -0.25) is 9.59 Å². The highest BCUT2D eigenvalue weighted by Gasteiger charge is 2.30. The van der Waals surface area contributed by atoms with Crippen LogP contribution in [0.25, 0.3) is 0 Å². The number of alkyl halides is 3. The van der Waals surface area contributed by atoms with Crippen molar-refractivity contribution < 1.29 is 14.7 Å². The third-order valence-corrected chi connectivity index (χ3v) is 1.17. The summed E-state index contributed by atoms with van der Waals surface area (Å²) < 4.78 is -2.10. The number of carboxylic acids is 1. The Morgan fingerprint density at radius 3 is 2.09 bits per heavy atom. The molecule has 0 heterocycles. The molecule has 0 aromatic rings. The van der Waals surface area contributed by atoms with E-state index < -0.39 is 22.2 Å². The summed E-state index contributed by atoms with van der Waals surface area (Å²) in [4.78, 5) is 20.5. The molecule has 0 aliphatic carbocycles. The van der Waals surface area contributed by atoms with Crippen molar-refractivity contribution in [2.24, 2.45) is 0 Å². The van der Waals surface area contributed by atoms with E-state index in [1.165, 1.54) is 0 Å². The molecule has 7 heteroatoms. The van der Waals surface area contributed by atoms with Gasteiger partial charge in [-0.05, 0) is 0 Å². The maximum absolute atomic E-state index is 10.6. The van der Waals surface area contributed by atoms with Crippen LogP contribution in [0.3, 0.4) is 0 Å². The van der Waals surface area contributed by atoms with E-state index in [0.717, 1.165) is 0 Å². The number of carbonyl (C=O) groups excluding carboxylic acids is 1. The first-order valence-corrected chi connectivity index (χ1v) is 3.54. The molecule has 11 heavy (non-hydrogen) atoms. The van der Waals surface area contributed by atoms with Gasteiger partial charge in [-0.1, -0.05) is 34.8 Å². The van der Waals surface area contributed by atoms with Crippen LogP contribution >= 0.6 is 34.8 Å². The van der Waals surface area contributed by atoms with Gasteiger partial charge in [0, 0.05) is 0 Å². The van der Waals surface area contributed by atoms with Gasteiger partial charge in [-0.15, -0.1) is 0 Å². The van der Waals surface area contributed by atoms with Crippen LogP contribution in [0.2, 0.25) is 0 Å². The minimum absolute atomic E-state index is 0.563. The Labute approximate surface area is 77.4 Å². The molecular weight excluding hydrogens is 216 g/mol. The van der Waals surface area contributed by atoms with E-state index in [2.05, 4.69) is 0 Å². The van der Waals surface area contributed by atoms with E-state index in [1.54, 1.807) is 0 Å². The Balaban J connectivity index is 3.80. The highest BCUT2D eigenvalue weighted by Crippen LogP contribution is 2.25. The molecular formula is C4H4Cl3NO3. The zero-order chi connectivity index (χ0) is 9.07. The van der Waals surface area contributed by atoms with E-state index in [0.29, 0.717) is 0 Å². The summed E-state index contributed by atoms with van der Waals surface area (Å²) in [6, 6.07) is 0. The molecule has 0 aliphatic rings. The summed E-state index contributed by atoms with van der Waals surface area (Å²) in [5.41, 5.74) is 0. The standard InChI is InChI=1S/C4H4Cl3NO3/c5-4(6,7)3(11)8-1-2(9)10/h1H2,(H,8,11)(H,9,10). The maximum atomic E-state index is 10.6. The second-order valence-corrected chi connectivity index (χ2v) is 3.86. The molecule has 0 aromatic carbocycles. The fourth-order valence-corrected chi connectivity index (χ4v) is 0.457. The first-order valence-electron chi connectivity index (χ1n) is 2.41. The number of carbonyl (C=O) groups is 2. The minimum Gasteiger partial charge on any atom is -0.480 e. The van der Waals surface area contributed by atoms with Crippen molar-refractivity contribution in [3.63, 3.8) is 0 Å². The highest BCUT2D eigenvalue weighted by molar-refractivity contribution is 6.76. The maximum Gasteiger partial charge on any atom is 0.322 e. The zero-order valence-electron chi connectivity index (χ0n) is 5.10. The van der Waals surface area contributed by atoms with Gasteiger partial charge in [0.25, 0.3) is 9.70 Å². The SMILES string of the molecule is O=C(O)CNC(=O)C(Cl)(Cl)Cl. The monoisotopic (exact) mass is 219 g/mol. The van der Waals surface area contributed by atoms with E-state index >= 15 is 0 Å². The number of halogens is 3. The van der Waals surface area contributed by atoms with Crippen molar-refractivity contribution in [3.05, 3.63) is 0 Å². The Kier molecular flexibility index (Phi) is 3.92. The number of nitrogens with one attached hydrogen (secondary N) is 1. The van der Waals surface area contributed by atoms with Crippen LogP contribution in [0, 0.1) is 0 Å². The number of hydrogen-bond acceptors (Lipinski definition) is 2. The topological polar surface area (TPSA) is 66.4 Å². The Bertz CT molecular complexity index is 176. The first kappa shape index (κ1) is 10.8. The normalized spacial score (nSPS) is 10.8. The van der Waals surface area contributed by atoms with Crippen LogP contribution in [-0.2, 0) is 9.59 Å². The Hall–Kier alpha value is -0.190. The van der Waals surface area contributed by atoms with Gasteiger partial charge in [-0.2, -0.15) is 0 Å². The van der Waals surface area contributed by atoms with E-state index in [9.17, 15) is 9.59 Å². The number of carboxylic acid groups (broad SMARTS) is 1. The first-order chi connectivity index (χ1) is 4.84. The summed E-state index contributed by atoms with van der Waals surface area (Å²) in [5, 5.41) is 9.97. The third kappa shape index (κ3) is 5.12. The van der Waals surface area contributed by atoms with Crippen molar-refractivity contribution >= 4 is 46.7 Å². The van der Waals surface area contributed by atoms with Crippen molar-refractivity contribution in [2.75, 3.05) is 6.54 Å². The largest absolute Gasteiger partial charge is 0.480 e. The molecule has 0 saturated carbocycles. The lowest BCUT2D eigenvalue weighted by Gasteiger charge is -2.08. The molecule has 0 unspecified atom stereocenters. The van der Waals surface area contributed by atoms with E-state index in [-0.39, 0.29) is 0 Å². The van der Waals surface area contributed by atoms with Gasteiger partial charge in [0.15, 0.2) is 0 Å². The lowest BCUT2D eigenvalue weighted by Crippen LogP contribution is -2.37. The van der Waals surface area contributed by atoms with Crippen LogP contribution in [0.1, 0.15) is 0 Å². The quantitative estimate of drug-likeness (QED) is 0.668. The Morgan fingerprint density at radius 1 is 1.36 bits per heavy atom. The van der Waals surface area contributed by atoms with Crippen molar-refractivity contribution in [1.29, 1.82) is 0 Å². The fourth-order valence-electron chi connectivity index (χ4n) is 0.256. The summed E-state index contributed by atoms with van der Waals surface area (Å²) in [5.74, 6) is -2.16. The van der Waals surface area contributed by atoms with Crippen LogP contribution in [0.15, 0.2) is 0 Å². The smallest absolute Gasteiger partial charge is 0.322 e. The van der Waals surface area contributed by atoms with Crippen LogP contribution in [0.4, 0.5) is 0 Å². The molecule has 0 bridgehead atoms. The highest BCUT2D eigenvalue weighted by atomic mass is 35.6. The summed E-state index contributed by atoms with van der Waals surface area (Å²) in [6.07, 6.45) is 0. The lowest BCUT2D eigenvalue weighted by atomic mass is 10.6. The predicted molar refractivity (Wildman–Crippen MR) is 40.9 cm³/mol. The minimum atomic E-state index is -2.10. The summed E-state index contributed by atoms with van der Waals surface area (Å²) in [7, 11) is 0. The zero-order valence-corrected chi connectivity index (χ0v) is 7.37. The molecule has 4 nitrogen and oxygen atoms in total. The molecule has 0 aliphatic heterocycles. The van der Waals surface area contributed by atoms with Gasteiger partial charge in [0.1, 0.15) is 6.54 Å². The van der Waals surface area contributed by atoms with Gasteiger partial charge in [-0.25, -0.2) is 0 Å². The molecule has 0 radical (unpaired) electrons. The van der Waals surface area contributed by atoms with Crippen molar-refractivity contribution in [2.45, 2.75) is 3.79 Å². The summed E-state index contributed by atoms with van der Waals surface area (Å²) >= 11 is 15.3. The fraction of sp³-hybridized carbons (Fsp3) is 0.500. The number of rotatable bonds is 2. The van der Waals surface area contributed by atoms with Crippen molar-refractivity contribution in [1.82, 2.24) is 5.32 Å². The molecule has 0 spiro atoms. The molecule has 0 saturated heterocycles. The second-order valence-electron chi connectivity index (χ2n) is 1.57. The van der Waals surface area contributed by atoms with E-state index in [1.807, 2.05) is 5.32 Å². The molecule has 0 atom stereocenters. The molecule has 64 valence electrons. The average molecular weight is 220 g/mol. The van der Waals surface area contributed by atoms with Gasteiger partial charge >= 0.3 is 5.97 Å². The van der Waals surface area contributed by atoms with Crippen LogP contribution < -0.4 is 5.32 Å². The van der Waals surface area contributed by atoms with Crippen LogP contribution in [-0.4, -0.2) is 27.3 Å². The molecule has 0 rings (SSSR count). The molecule has 1 amide bonds. The number of hydrogen-bond donors (Lipinski definition) is 2. The second kappa shape index (κ2) is 3.99. The predicted octanol–water partition coefficient (Wildman–Crippen LogP) is 0.557. The molecule has 0 aromatic heterocycles. The lowest BCUT2D eigenvalue weighted by molar-refractivity contribution is -0.137. The number of amides is 1. The van der Waals surface area contributed by atoms with Gasteiger partial charge in [0.05, 0.1) is 0 Å². The summed E-state index contributed by atoms with van der Waals surface area (Å²) in [6.45, 7) is -0.563. The Morgan fingerprint density at radius 2 is 1.82 bits per heavy atom. The van der Waals surface area contributed by atoms with Crippen LogP contribution in [0.5, 0.6) is 0 Å². The molecule has 0 fully saturated rings. The van der Waals surface area contributed by atoms with E-state index in [4.69, 9.17) is 39.9 Å². The van der Waals surface area contributed by atoms with Gasteiger partial charge < -0.3 is 10.4 Å².